The maximum Gasteiger partial charge on any atom is 0.339 e. The molecule has 1 aliphatic heterocycles. The first-order valence-corrected chi connectivity index (χ1v) is 7.06. The summed E-state index contributed by atoms with van der Waals surface area (Å²) in [5, 5.41) is 51.4. The molecular weight excluding hydrogens is 314 g/mol. The molecule has 0 amide bonds. The number of carbonyl (C=O) groups is 1. The minimum atomic E-state index is -1.40. The Kier molecular flexibility index (Phi) is 3.48. The number of allylic oxidation sites excluding steroid dienone is 1. The Morgan fingerprint density at radius 3 is 2.38 bits per heavy atom. The van der Waals surface area contributed by atoms with E-state index in [0.717, 1.165) is 0 Å². The third kappa shape index (κ3) is 2.36. The number of carboxylic acids is 1. The van der Waals surface area contributed by atoms with Crippen molar-refractivity contribution in [3.8, 4) is 23.0 Å². The number of carboxylic acid groups (broad SMARTS) is 1. The summed E-state index contributed by atoms with van der Waals surface area (Å²) in [6, 6.07) is 4.58. The van der Waals surface area contributed by atoms with E-state index >= 15 is 0 Å². The van der Waals surface area contributed by atoms with Crippen molar-refractivity contribution >= 4 is 5.97 Å². The van der Waals surface area contributed by atoms with Gasteiger partial charge in [0.2, 0.25) is 0 Å². The smallest absolute Gasteiger partial charge is 0.339 e. The number of nitrogens with one attached hydrogen (secondary N) is 1. The third-order valence-corrected chi connectivity index (χ3v) is 4.01. The van der Waals surface area contributed by atoms with Gasteiger partial charge in [0, 0.05) is 12.1 Å². The summed E-state index contributed by atoms with van der Waals surface area (Å²) in [7, 11) is 0. The fourth-order valence-electron chi connectivity index (χ4n) is 2.93. The average molecular weight is 329 g/mol. The minimum Gasteiger partial charge on any atom is -0.504 e. The van der Waals surface area contributed by atoms with Crippen molar-refractivity contribution in [1.82, 2.24) is 5.32 Å². The largest absolute Gasteiger partial charge is 0.504 e. The van der Waals surface area contributed by atoms with Crippen molar-refractivity contribution in [3.05, 3.63) is 58.8 Å². The molecule has 2 aromatic carbocycles. The van der Waals surface area contributed by atoms with Gasteiger partial charge in [0.1, 0.15) is 5.56 Å². The highest BCUT2D eigenvalue weighted by molar-refractivity contribution is 5.94. The average Bonchev–Trinajstić information content (AvgIpc) is 2.50. The summed E-state index contributed by atoms with van der Waals surface area (Å²) < 4.78 is 0. The van der Waals surface area contributed by atoms with E-state index in [4.69, 9.17) is 0 Å². The van der Waals surface area contributed by atoms with E-state index in [1.807, 2.05) is 0 Å². The molecule has 24 heavy (non-hydrogen) atoms. The topological polar surface area (TPSA) is 130 Å². The minimum absolute atomic E-state index is 0.199. The Hall–Kier alpha value is -3.35. The fraction of sp³-hybridized carbons (Fsp3) is 0.118. The van der Waals surface area contributed by atoms with Crippen LogP contribution in [0.5, 0.6) is 23.0 Å². The van der Waals surface area contributed by atoms with Crippen LogP contribution < -0.4 is 5.32 Å². The van der Waals surface area contributed by atoms with Gasteiger partial charge >= 0.3 is 5.97 Å². The molecule has 1 heterocycles. The Morgan fingerprint density at radius 2 is 1.71 bits per heavy atom. The number of aromatic hydroxyl groups is 4. The third-order valence-electron chi connectivity index (χ3n) is 4.01. The zero-order valence-electron chi connectivity index (χ0n) is 12.4. The number of aromatic carboxylic acids is 1. The van der Waals surface area contributed by atoms with Gasteiger partial charge in [0.25, 0.3) is 0 Å². The fourth-order valence-corrected chi connectivity index (χ4v) is 2.93. The highest BCUT2D eigenvalue weighted by atomic mass is 16.4. The predicted octanol–water partition coefficient (Wildman–Crippen LogP) is 1.96. The molecule has 1 aliphatic rings. The molecule has 0 fully saturated rings. The van der Waals surface area contributed by atoms with Crippen molar-refractivity contribution in [1.29, 1.82) is 0 Å². The molecule has 1 unspecified atom stereocenters. The lowest BCUT2D eigenvalue weighted by Gasteiger charge is -2.31. The standard InChI is InChI=1S/C17H15NO6/c1-7-4-8-5-12(20)13(21)6-10(8)15(18-7)9-2-3-11(19)16(22)14(9)17(23)24/h2-3,5-6,15,18-22H,1,4H2,(H,23,24). The molecule has 6 N–H and O–H groups in total. The first kappa shape index (κ1) is 15.5. The van der Waals surface area contributed by atoms with Gasteiger partial charge in [-0.15, -0.1) is 0 Å². The van der Waals surface area contributed by atoms with Crippen molar-refractivity contribution in [3.63, 3.8) is 0 Å². The summed E-state index contributed by atoms with van der Waals surface area (Å²) in [6.07, 6.45) is 0.395. The first-order chi connectivity index (χ1) is 11.3. The lowest BCUT2D eigenvalue weighted by Crippen LogP contribution is -2.29. The maximum atomic E-state index is 11.5. The van der Waals surface area contributed by atoms with Gasteiger partial charge in [-0.1, -0.05) is 12.6 Å². The van der Waals surface area contributed by atoms with E-state index in [1.165, 1.54) is 24.3 Å². The van der Waals surface area contributed by atoms with Crippen LogP contribution in [-0.2, 0) is 6.42 Å². The first-order valence-electron chi connectivity index (χ1n) is 7.06. The van der Waals surface area contributed by atoms with Crippen molar-refractivity contribution in [2.45, 2.75) is 12.5 Å². The molecular formula is C17H15NO6. The van der Waals surface area contributed by atoms with Crippen LogP contribution in [0.3, 0.4) is 0 Å². The number of rotatable bonds is 2. The number of benzene rings is 2. The van der Waals surface area contributed by atoms with Gasteiger partial charge in [0.05, 0.1) is 6.04 Å². The monoisotopic (exact) mass is 329 g/mol. The second-order valence-electron chi connectivity index (χ2n) is 5.60. The summed E-state index contributed by atoms with van der Waals surface area (Å²) in [5.41, 5.74) is 1.56. The van der Waals surface area contributed by atoms with Crippen LogP contribution in [-0.4, -0.2) is 31.5 Å². The number of fused-ring (bicyclic) bond motifs is 1. The van der Waals surface area contributed by atoms with Gasteiger partial charge in [0.15, 0.2) is 23.0 Å². The van der Waals surface area contributed by atoms with Gasteiger partial charge in [-0.3, -0.25) is 0 Å². The van der Waals surface area contributed by atoms with Crippen molar-refractivity contribution in [2.75, 3.05) is 0 Å². The van der Waals surface area contributed by atoms with Gasteiger partial charge in [-0.25, -0.2) is 4.79 Å². The number of hydrogen-bond acceptors (Lipinski definition) is 6. The van der Waals surface area contributed by atoms with Crippen molar-refractivity contribution < 1.29 is 30.3 Å². The molecule has 0 aromatic heterocycles. The lowest BCUT2D eigenvalue weighted by molar-refractivity contribution is 0.0691. The van der Waals surface area contributed by atoms with Crippen LogP contribution in [0.1, 0.15) is 33.1 Å². The highest BCUT2D eigenvalue weighted by Crippen LogP contribution is 2.41. The Morgan fingerprint density at radius 1 is 1.04 bits per heavy atom. The summed E-state index contributed by atoms with van der Waals surface area (Å²) in [4.78, 5) is 11.5. The van der Waals surface area contributed by atoms with Gasteiger partial charge < -0.3 is 30.8 Å². The molecule has 0 bridgehead atoms. The summed E-state index contributed by atoms with van der Waals surface area (Å²) in [6.45, 7) is 3.84. The van der Waals surface area contributed by atoms with Crippen LogP contribution in [0.4, 0.5) is 0 Å². The number of phenols is 4. The van der Waals surface area contributed by atoms with Crippen LogP contribution in [0.25, 0.3) is 0 Å². The molecule has 7 nitrogen and oxygen atoms in total. The van der Waals surface area contributed by atoms with E-state index in [1.54, 1.807) is 0 Å². The second kappa shape index (κ2) is 5.38. The molecule has 3 rings (SSSR count). The van der Waals surface area contributed by atoms with E-state index in [9.17, 15) is 30.3 Å². The molecule has 2 aromatic rings. The molecule has 0 radical (unpaired) electrons. The quantitative estimate of drug-likeness (QED) is 0.464. The van der Waals surface area contributed by atoms with Gasteiger partial charge in [-0.05, 0) is 34.9 Å². The molecule has 124 valence electrons. The molecule has 1 atom stereocenters. The molecule has 0 aliphatic carbocycles. The lowest BCUT2D eigenvalue weighted by atomic mass is 9.86. The Bertz CT molecular complexity index is 874. The van der Waals surface area contributed by atoms with Crippen LogP contribution in [0.2, 0.25) is 0 Å². The second-order valence-corrected chi connectivity index (χ2v) is 5.60. The maximum absolute atomic E-state index is 11.5. The molecule has 7 heteroatoms. The van der Waals surface area contributed by atoms with Crippen molar-refractivity contribution in [2.24, 2.45) is 0 Å². The van der Waals surface area contributed by atoms with E-state index in [2.05, 4.69) is 11.9 Å². The zero-order chi connectivity index (χ0) is 17.6. The summed E-state index contributed by atoms with van der Waals surface area (Å²) in [5.74, 6) is -3.30. The summed E-state index contributed by atoms with van der Waals surface area (Å²) >= 11 is 0. The van der Waals surface area contributed by atoms with Crippen LogP contribution >= 0.6 is 0 Å². The molecule has 0 spiro atoms. The number of phenolic OH excluding ortho intramolecular Hbond substituents is 3. The van der Waals surface area contributed by atoms with Gasteiger partial charge in [-0.2, -0.15) is 0 Å². The SMILES string of the molecule is C=C1Cc2cc(O)c(O)cc2C(c2ccc(O)c(O)c2C(=O)O)N1. The number of hydrogen-bond donors (Lipinski definition) is 6. The van der Waals surface area contributed by atoms with Crippen LogP contribution in [0, 0.1) is 0 Å². The van der Waals surface area contributed by atoms with E-state index < -0.39 is 29.1 Å². The van der Waals surface area contributed by atoms with E-state index in [0.29, 0.717) is 23.2 Å². The predicted molar refractivity (Wildman–Crippen MR) is 84.3 cm³/mol. The Labute approximate surface area is 136 Å². The van der Waals surface area contributed by atoms with E-state index in [-0.39, 0.29) is 17.1 Å². The Balaban J connectivity index is 2.25. The molecule has 0 saturated heterocycles. The highest BCUT2D eigenvalue weighted by Gasteiger charge is 2.30. The normalized spacial score (nSPS) is 16.3. The van der Waals surface area contributed by atoms with Crippen LogP contribution in [0.15, 0.2) is 36.5 Å². The molecule has 0 saturated carbocycles. The zero-order valence-corrected chi connectivity index (χ0v) is 12.4.